The van der Waals surface area contributed by atoms with E-state index in [4.69, 9.17) is 0 Å². The van der Waals surface area contributed by atoms with Crippen LogP contribution in [0.15, 0.2) is 349 Å². The first-order valence-corrected chi connectivity index (χ1v) is 37.3. The van der Waals surface area contributed by atoms with E-state index in [0.29, 0.717) is 136 Å². The number of aliphatic hydroxyl groups is 8. The lowest BCUT2D eigenvalue weighted by molar-refractivity contribution is 0.550. The van der Waals surface area contributed by atoms with E-state index in [2.05, 4.69) is 102 Å². The molecule has 12 aromatic rings. The lowest BCUT2D eigenvalue weighted by Gasteiger charge is -2.06. The molecule has 592 valence electrons. The number of rotatable bonds is 0. The summed E-state index contributed by atoms with van der Waals surface area (Å²) in [4.78, 5) is 18.7. The number of benzene rings is 8. The lowest BCUT2D eigenvalue weighted by Crippen LogP contribution is -2.06. The number of pyridine rings is 4. The minimum Gasteiger partial charge on any atom is -0.492 e. The fourth-order valence-corrected chi connectivity index (χ4v) is 11.7. The molecule has 8 aromatic carbocycles. The Morgan fingerprint density at radius 1 is 0.125 bits per heavy atom. The van der Waals surface area contributed by atoms with Gasteiger partial charge in [0.25, 0.3) is 0 Å². The van der Waals surface area contributed by atoms with E-state index >= 15 is 0 Å². The van der Waals surface area contributed by atoms with Crippen LogP contribution >= 0.6 is 0 Å². The van der Waals surface area contributed by atoms with Crippen LogP contribution in [0, 0.1) is 0 Å². The number of aromatic nitrogens is 4. The Hall–Kier alpha value is -16.5. The molecule has 0 fully saturated rings. The maximum absolute atomic E-state index is 11.0. The van der Waals surface area contributed by atoms with Crippen molar-refractivity contribution in [2.45, 2.75) is 55.4 Å². The smallest absolute Gasteiger partial charge is 0.238 e. The average Bonchev–Trinajstić information content (AvgIpc) is 0.835. The zero-order valence-electron chi connectivity index (χ0n) is 65.9. The fraction of sp³-hybridized carbons (Fsp3) is 0.0870. The zero-order valence-corrected chi connectivity index (χ0v) is 65.9. The van der Waals surface area contributed by atoms with Gasteiger partial charge in [-0.3, -0.25) is 0 Å². The Bertz CT molecular complexity index is 5240. The minimum atomic E-state index is -0.321. The number of hydrogen-bond donors (Lipinski definition) is 8. The summed E-state index contributed by atoms with van der Waals surface area (Å²) in [5.41, 5.74) is 16.9. The molecule has 24 bridgehead atoms. The van der Waals surface area contributed by atoms with Crippen LogP contribution in [0.4, 0.5) is 0 Å². The molecule has 0 unspecified atom stereocenters. The van der Waals surface area contributed by atoms with Gasteiger partial charge in [0.15, 0.2) is 0 Å². The van der Waals surface area contributed by atoms with E-state index < -0.39 is 0 Å². The predicted molar refractivity (Wildman–Crippen MR) is 475 cm³/mol. The molecule has 8 N–H and O–H groups in total. The van der Waals surface area contributed by atoms with Gasteiger partial charge in [-0.2, -0.15) is 0 Å². The van der Waals surface area contributed by atoms with E-state index in [-0.39, 0.29) is 47.2 Å². The molecule has 4 aromatic heterocycles. The summed E-state index contributed by atoms with van der Waals surface area (Å²) in [6, 6.07) is 77.4. The third-order valence-electron chi connectivity index (χ3n) is 18.8. The van der Waals surface area contributed by atoms with Crippen LogP contribution in [0.25, 0.3) is 44.5 Å². The Morgan fingerprint density at radius 3 is 0.317 bits per heavy atom. The van der Waals surface area contributed by atoms with Gasteiger partial charge >= 0.3 is 0 Å². The van der Waals surface area contributed by atoms with E-state index in [1.165, 1.54) is 0 Å². The first kappa shape index (κ1) is 81.5. The molecule has 17 heterocycles. The van der Waals surface area contributed by atoms with Crippen molar-refractivity contribution >= 4 is 92.9 Å². The molecule has 13 aliphatic rings. The van der Waals surface area contributed by atoms with Gasteiger partial charge in [0.1, 0.15) is 0 Å². The van der Waals surface area contributed by atoms with E-state index in [1.807, 2.05) is 97.1 Å². The van der Waals surface area contributed by atoms with E-state index in [1.54, 1.807) is 225 Å². The number of aliphatic hydroxyl groups excluding tert-OH is 8. The number of hydrogen-bond acceptors (Lipinski definition) is 20. The summed E-state index contributed by atoms with van der Waals surface area (Å²) >= 11 is 0. The zero-order chi connectivity index (χ0) is 84.3. The molecule has 0 amide bonds. The van der Waals surface area contributed by atoms with Crippen LogP contribution < -0.4 is 0 Å². The van der Waals surface area contributed by atoms with E-state index in [9.17, 15) is 40.9 Å². The van der Waals surface area contributed by atoms with Crippen molar-refractivity contribution in [1.82, 2.24) is 19.9 Å². The van der Waals surface area contributed by atoms with Gasteiger partial charge in [-0.05, 0) is 245 Å². The summed E-state index contributed by atoms with van der Waals surface area (Å²) in [5, 5.41) is 155. The largest absolute Gasteiger partial charge is 0.492 e. The minimum absolute atomic E-state index is 0.321. The van der Waals surface area contributed by atoms with Gasteiger partial charge in [0.05, 0.1) is 91.2 Å². The maximum Gasteiger partial charge on any atom is 0.238 e. The van der Waals surface area contributed by atoms with Crippen molar-refractivity contribution in [3.05, 3.63) is 357 Å². The Morgan fingerprint density at radius 2 is 0.217 bits per heavy atom. The van der Waals surface area contributed by atoms with Crippen molar-refractivity contribution < 1.29 is 40.9 Å². The number of nitrogens with zero attached hydrogens (tertiary/aromatic N) is 20. The molecule has 0 saturated heterocycles. The molecular weight excluding hydrogens is 1510 g/mol. The van der Waals surface area contributed by atoms with Crippen LogP contribution in [0.3, 0.4) is 0 Å². The second-order valence-electron chi connectivity index (χ2n) is 27.1. The van der Waals surface area contributed by atoms with Crippen LogP contribution in [0.2, 0.25) is 0 Å². The molecule has 120 heavy (non-hydrogen) atoms. The molecule has 13 aliphatic heterocycles. The standard InChI is InChI=1S/C92H76N20O8/c1-53-77-13-9-14-78(93-77)54(2)98-106-86(114)70-39-25-63(26-40-70)64-27-43-72(44-28-64)88(116)108-100-57(5)81-17-11-18-82(95-81)58(6)102-110-90(118)74-47-33-67(34-48-74)68-35-51-76(52-36-68)92(120)112-104-60(8)84-20-12-19-83(96-84)59(7)103-111-91(119)75-49-31-66(32-50-75)65-29-45-73(46-30-65)89(117)109-101-56(4)80-16-10-15-79(94-80)55(3)99-107-87(115)71-41-23-62(24-42-71)61-21-37-69(38-22-61)85(113)105-97-53/h9-52H,1-8H3,(H,105,113)(H,106,114)(H,107,115)(H,108,116)(H,109,117)(H,110,118)(H,111,119)(H,112,120)/b97-53+,98-54+,99-55+,100-57+,101-56+,102-58+,103-59+,104-60+. The summed E-state index contributed by atoms with van der Waals surface area (Å²) in [7, 11) is 0. The van der Waals surface area contributed by atoms with Crippen LogP contribution in [-0.2, 0) is 0 Å². The summed E-state index contributed by atoms with van der Waals surface area (Å²) in [6.45, 7) is 13.6. The summed E-state index contributed by atoms with van der Waals surface area (Å²) in [6.07, 6.45) is 0. The van der Waals surface area contributed by atoms with Crippen molar-refractivity contribution in [2.75, 3.05) is 0 Å². The molecular formula is C92H76N20O8. The van der Waals surface area contributed by atoms with Gasteiger partial charge in [0.2, 0.25) is 47.2 Å². The molecule has 0 atom stereocenters. The van der Waals surface area contributed by atoms with Gasteiger partial charge < -0.3 is 40.9 Å². The van der Waals surface area contributed by atoms with Gasteiger partial charge in [-0.25, -0.2) is 19.9 Å². The third kappa shape index (κ3) is 20.5. The second kappa shape index (κ2) is 37.6. The Labute approximate surface area is 688 Å². The quantitative estimate of drug-likeness (QED) is 0.0702. The van der Waals surface area contributed by atoms with E-state index in [0.717, 1.165) is 44.5 Å². The van der Waals surface area contributed by atoms with Crippen LogP contribution in [0.5, 0.6) is 0 Å². The molecule has 0 spiro atoms. The monoisotopic (exact) mass is 1590 g/mol. The first-order valence-electron chi connectivity index (χ1n) is 37.3. The molecule has 0 saturated carbocycles. The second-order valence-corrected chi connectivity index (χ2v) is 27.1. The van der Waals surface area contributed by atoms with Crippen molar-refractivity contribution in [3.8, 4) is 44.5 Å². The topological polar surface area (TPSA) is 411 Å². The Kier molecular flexibility index (Phi) is 25.6. The highest BCUT2D eigenvalue weighted by molar-refractivity contribution is 6.07. The van der Waals surface area contributed by atoms with Crippen LogP contribution in [-0.4, -0.2) is 154 Å². The summed E-state index contributed by atoms with van der Waals surface area (Å²) < 4.78 is 0. The van der Waals surface area contributed by atoms with Gasteiger partial charge in [0, 0.05) is 44.5 Å². The predicted octanol–water partition coefficient (Wildman–Crippen LogP) is 18.1. The molecule has 0 aliphatic carbocycles. The highest BCUT2D eigenvalue weighted by Crippen LogP contribution is 2.27. The summed E-state index contributed by atoms with van der Waals surface area (Å²) in [5.74, 6) is -2.57. The van der Waals surface area contributed by atoms with Crippen molar-refractivity contribution in [3.63, 3.8) is 0 Å². The average molecular weight is 1590 g/mol. The first-order chi connectivity index (χ1) is 58.0. The SMILES string of the molecule is C/C1=N\N=C(/O)c2ccc(cc2)-c2ccc(cc2)/C(O)=N/N=C(\C)c2cccc(n2)/C(C)=N/N=C(\O)c2ccc(cc2)-c2ccc(cc2)/C(O)=N/N=C(\C)c2cccc(n2)/C(C)=N/N=C(\O)c2ccc(cc2)-c2ccc(cc2)/C(O)=N/N=C(\C)c2cccc(n2)/C(C)=N/N=C(\O)c2ccc(cc2)-c2ccc(cc2)/C(O)=N/N=C(\C)c2cccc1n2. The van der Waals surface area contributed by atoms with Crippen molar-refractivity contribution in [2.24, 2.45) is 81.6 Å². The fourth-order valence-electron chi connectivity index (χ4n) is 11.7. The molecule has 25 rings (SSSR count). The normalized spacial score (nSPS) is 21.0. The highest BCUT2D eigenvalue weighted by atomic mass is 16.3. The van der Waals surface area contributed by atoms with Gasteiger partial charge in [-0.15, -0.1) is 81.6 Å². The lowest BCUT2D eigenvalue weighted by atomic mass is 10.0. The Balaban J connectivity index is 0.708. The highest BCUT2D eigenvalue weighted by Gasteiger charge is 2.16. The molecule has 0 radical (unpaired) electrons. The molecule has 28 nitrogen and oxygen atoms in total. The van der Waals surface area contributed by atoms with Crippen molar-refractivity contribution in [1.29, 1.82) is 0 Å². The third-order valence-corrected chi connectivity index (χ3v) is 18.8. The van der Waals surface area contributed by atoms with Gasteiger partial charge in [-0.1, -0.05) is 121 Å². The maximum atomic E-state index is 11.0. The van der Waals surface area contributed by atoms with Crippen LogP contribution in [0.1, 0.15) is 145 Å². The molecule has 28 heteroatoms.